The van der Waals surface area contributed by atoms with E-state index >= 15 is 0 Å². The number of carbonyl (C=O) groups excluding carboxylic acids is 2. The van der Waals surface area contributed by atoms with Crippen molar-refractivity contribution in [2.24, 2.45) is 0 Å². The molecule has 3 rings (SSSR count). The van der Waals surface area contributed by atoms with Crippen molar-refractivity contribution in [1.82, 2.24) is 10.9 Å². The monoisotopic (exact) mass is 424 g/mol. The third-order valence-corrected chi connectivity index (χ3v) is 4.48. The van der Waals surface area contributed by atoms with Crippen LogP contribution in [0.1, 0.15) is 6.92 Å². The summed E-state index contributed by atoms with van der Waals surface area (Å²) < 4.78 is 10.9. The number of hydrogen-bond acceptors (Lipinski definition) is 4. The second kappa shape index (κ2) is 10.3. The Bertz CT molecular complexity index is 994. The average molecular weight is 425 g/mol. The van der Waals surface area contributed by atoms with Crippen molar-refractivity contribution in [3.8, 4) is 22.6 Å². The Kier molecular flexibility index (Phi) is 7.29. The predicted octanol–water partition coefficient (Wildman–Crippen LogP) is 4.00. The maximum atomic E-state index is 12.1. The second-order valence-corrected chi connectivity index (χ2v) is 6.81. The Morgan fingerprint density at radius 2 is 1.50 bits per heavy atom. The number of halogens is 1. The average Bonchev–Trinajstić information content (AvgIpc) is 2.78. The summed E-state index contributed by atoms with van der Waals surface area (Å²) in [6.07, 6.45) is -0.850. The number of nitrogens with one attached hydrogen (secondary N) is 2. The molecular formula is C23H21ClN2O4. The third-order valence-electron chi connectivity index (χ3n) is 4.17. The van der Waals surface area contributed by atoms with Crippen LogP contribution in [0.25, 0.3) is 11.1 Å². The van der Waals surface area contributed by atoms with Gasteiger partial charge in [-0.25, -0.2) is 0 Å². The van der Waals surface area contributed by atoms with Crippen molar-refractivity contribution in [3.05, 3.63) is 83.9 Å². The molecule has 0 radical (unpaired) electrons. The molecule has 0 aromatic heterocycles. The molecule has 30 heavy (non-hydrogen) atoms. The van der Waals surface area contributed by atoms with Crippen LogP contribution in [0, 0.1) is 0 Å². The van der Waals surface area contributed by atoms with Crippen molar-refractivity contribution < 1.29 is 19.1 Å². The van der Waals surface area contributed by atoms with E-state index in [0.717, 1.165) is 11.1 Å². The van der Waals surface area contributed by atoms with E-state index in [1.165, 1.54) is 0 Å². The lowest BCUT2D eigenvalue weighted by molar-refractivity contribution is -0.133. The van der Waals surface area contributed by atoms with Crippen molar-refractivity contribution in [2.45, 2.75) is 13.0 Å². The first kappa shape index (κ1) is 21.2. The predicted molar refractivity (Wildman–Crippen MR) is 115 cm³/mol. The van der Waals surface area contributed by atoms with Crippen molar-refractivity contribution in [3.63, 3.8) is 0 Å². The Balaban J connectivity index is 1.42. The van der Waals surface area contributed by atoms with Gasteiger partial charge in [0, 0.05) is 0 Å². The van der Waals surface area contributed by atoms with Crippen LogP contribution in [0.5, 0.6) is 11.5 Å². The first-order valence-corrected chi connectivity index (χ1v) is 9.69. The summed E-state index contributed by atoms with van der Waals surface area (Å²) in [6, 6.07) is 24.2. The van der Waals surface area contributed by atoms with Gasteiger partial charge in [-0.3, -0.25) is 20.4 Å². The van der Waals surface area contributed by atoms with Gasteiger partial charge in [0.25, 0.3) is 11.8 Å². The standard InChI is InChI=1S/C23H21ClN2O4/c1-16(30-21-10-6-5-9-20(21)24)23(28)26-25-22(27)15-29-19-13-11-18(12-14-19)17-7-3-2-4-8-17/h2-14,16H,15H2,1H3,(H,25,27)(H,26,28). The van der Waals surface area contributed by atoms with Crippen LogP contribution in [-0.2, 0) is 9.59 Å². The molecule has 3 aromatic rings. The number of hydrazine groups is 1. The number of hydrogen-bond donors (Lipinski definition) is 2. The number of para-hydroxylation sites is 1. The van der Waals surface area contributed by atoms with Crippen LogP contribution >= 0.6 is 11.6 Å². The highest BCUT2D eigenvalue weighted by Crippen LogP contribution is 2.24. The molecule has 1 atom stereocenters. The van der Waals surface area contributed by atoms with E-state index in [0.29, 0.717) is 16.5 Å². The lowest BCUT2D eigenvalue weighted by Gasteiger charge is -2.16. The Morgan fingerprint density at radius 1 is 0.867 bits per heavy atom. The summed E-state index contributed by atoms with van der Waals surface area (Å²) in [5.74, 6) is -0.0853. The molecule has 154 valence electrons. The highest BCUT2D eigenvalue weighted by Gasteiger charge is 2.16. The molecule has 0 aliphatic carbocycles. The zero-order chi connectivity index (χ0) is 21.3. The lowest BCUT2D eigenvalue weighted by Crippen LogP contribution is -2.48. The molecule has 7 heteroatoms. The molecule has 6 nitrogen and oxygen atoms in total. The summed E-state index contributed by atoms with van der Waals surface area (Å²) in [4.78, 5) is 24.0. The Hall–Kier alpha value is -3.51. The number of amides is 2. The molecular weight excluding hydrogens is 404 g/mol. The van der Waals surface area contributed by atoms with Crippen molar-refractivity contribution in [2.75, 3.05) is 6.61 Å². The van der Waals surface area contributed by atoms with E-state index in [-0.39, 0.29) is 6.61 Å². The normalized spacial score (nSPS) is 11.3. The third kappa shape index (κ3) is 5.99. The van der Waals surface area contributed by atoms with Gasteiger partial charge in [0.15, 0.2) is 12.7 Å². The Labute approximate surface area is 179 Å². The molecule has 2 amide bonds. The molecule has 0 fully saturated rings. The number of ether oxygens (including phenoxy) is 2. The molecule has 0 heterocycles. The van der Waals surface area contributed by atoms with Gasteiger partial charge in [-0.1, -0.05) is 66.2 Å². The molecule has 3 aromatic carbocycles. The zero-order valence-corrected chi connectivity index (χ0v) is 17.1. The highest BCUT2D eigenvalue weighted by atomic mass is 35.5. The van der Waals surface area contributed by atoms with Gasteiger partial charge in [-0.05, 0) is 42.3 Å². The van der Waals surface area contributed by atoms with Crippen LogP contribution in [0.15, 0.2) is 78.9 Å². The molecule has 2 N–H and O–H groups in total. The number of benzene rings is 3. The summed E-state index contributed by atoms with van der Waals surface area (Å²) >= 11 is 6.00. The molecule has 0 spiro atoms. The van der Waals surface area contributed by atoms with E-state index in [1.54, 1.807) is 43.3 Å². The van der Waals surface area contributed by atoms with Gasteiger partial charge in [-0.2, -0.15) is 0 Å². The van der Waals surface area contributed by atoms with E-state index in [1.807, 2.05) is 42.5 Å². The molecule has 0 aliphatic rings. The number of carbonyl (C=O) groups is 2. The summed E-state index contributed by atoms with van der Waals surface area (Å²) in [7, 11) is 0. The highest BCUT2D eigenvalue weighted by molar-refractivity contribution is 6.32. The van der Waals surface area contributed by atoms with Gasteiger partial charge in [0.05, 0.1) is 5.02 Å². The SMILES string of the molecule is CC(Oc1ccccc1Cl)C(=O)NNC(=O)COc1ccc(-c2ccccc2)cc1. The topological polar surface area (TPSA) is 76.7 Å². The van der Waals surface area contributed by atoms with E-state index in [4.69, 9.17) is 21.1 Å². The summed E-state index contributed by atoms with van der Waals surface area (Å²) in [5, 5.41) is 0.396. The fraction of sp³-hybridized carbons (Fsp3) is 0.130. The van der Waals surface area contributed by atoms with Gasteiger partial charge in [0.2, 0.25) is 0 Å². The molecule has 0 bridgehead atoms. The summed E-state index contributed by atoms with van der Waals surface area (Å²) in [5.41, 5.74) is 6.74. The maximum Gasteiger partial charge on any atom is 0.279 e. The van der Waals surface area contributed by atoms with Gasteiger partial charge >= 0.3 is 0 Å². The minimum atomic E-state index is -0.850. The van der Waals surface area contributed by atoms with Gasteiger partial charge in [-0.15, -0.1) is 0 Å². The molecule has 1 unspecified atom stereocenters. The lowest BCUT2D eigenvalue weighted by atomic mass is 10.1. The fourth-order valence-electron chi connectivity index (χ4n) is 2.58. The smallest absolute Gasteiger partial charge is 0.279 e. The van der Waals surface area contributed by atoms with Crippen LogP contribution in [0.4, 0.5) is 0 Å². The van der Waals surface area contributed by atoms with Crippen LogP contribution in [-0.4, -0.2) is 24.5 Å². The van der Waals surface area contributed by atoms with E-state index in [2.05, 4.69) is 10.9 Å². The quantitative estimate of drug-likeness (QED) is 0.562. The molecule has 0 saturated heterocycles. The van der Waals surface area contributed by atoms with E-state index in [9.17, 15) is 9.59 Å². The van der Waals surface area contributed by atoms with Crippen LogP contribution < -0.4 is 20.3 Å². The minimum Gasteiger partial charge on any atom is -0.484 e. The number of rotatable bonds is 7. The Morgan fingerprint density at radius 3 is 2.20 bits per heavy atom. The summed E-state index contributed by atoms with van der Waals surface area (Å²) in [6.45, 7) is 1.31. The largest absolute Gasteiger partial charge is 0.484 e. The van der Waals surface area contributed by atoms with Crippen molar-refractivity contribution >= 4 is 23.4 Å². The fourth-order valence-corrected chi connectivity index (χ4v) is 2.76. The van der Waals surface area contributed by atoms with Crippen LogP contribution in [0.3, 0.4) is 0 Å². The molecule has 0 aliphatic heterocycles. The van der Waals surface area contributed by atoms with Gasteiger partial charge in [0.1, 0.15) is 11.5 Å². The van der Waals surface area contributed by atoms with Crippen LogP contribution in [0.2, 0.25) is 5.02 Å². The first-order valence-electron chi connectivity index (χ1n) is 9.31. The zero-order valence-electron chi connectivity index (χ0n) is 16.3. The van der Waals surface area contributed by atoms with E-state index < -0.39 is 17.9 Å². The van der Waals surface area contributed by atoms with Gasteiger partial charge < -0.3 is 9.47 Å². The molecule has 0 saturated carbocycles. The van der Waals surface area contributed by atoms with Crippen molar-refractivity contribution in [1.29, 1.82) is 0 Å². The first-order chi connectivity index (χ1) is 14.5. The second-order valence-electron chi connectivity index (χ2n) is 6.41. The maximum absolute atomic E-state index is 12.1. The minimum absolute atomic E-state index is 0.245.